The molecule has 0 aromatic rings. The minimum absolute atomic E-state index is 0.116. The van der Waals surface area contributed by atoms with Gasteiger partial charge in [0.1, 0.15) is 5.54 Å². The summed E-state index contributed by atoms with van der Waals surface area (Å²) in [6, 6.07) is -0.574. The molecule has 0 aromatic heterocycles. The molecular formula is C12H19N3O6. The van der Waals surface area contributed by atoms with E-state index in [9.17, 15) is 24.3 Å². The Morgan fingerprint density at radius 1 is 1.38 bits per heavy atom. The lowest BCUT2D eigenvalue weighted by Crippen LogP contribution is -2.47. The van der Waals surface area contributed by atoms with Crippen LogP contribution in [-0.4, -0.2) is 63.2 Å². The Morgan fingerprint density at radius 3 is 2.38 bits per heavy atom. The van der Waals surface area contributed by atoms with Crippen molar-refractivity contribution in [3.05, 3.63) is 0 Å². The zero-order valence-corrected chi connectivity index (χ0v) is 12.1. The first-order chi connectivity index (χ1) is 9.47. The van der Waals surface area contributed by atoms with Crippen LogP contribution in [0.5, 0.6) is 0 Å². The molecule has 1 aliphatic rings. The Morgan fingerprint density at radius 2 is 1.95 bits per heavy atom. The van der Waals surface area contributed by atoms with Gasteiger partial charge in [-0.3, -0.25) is 14.5 Å². The summed E-state index contributed by atoms with van der Waals surface area (Å²) in [5.74, 6) is -2.46. The number of nitrogens with zero attached hydrogens (tertiary/aromatic N) is 1. The van der Waals surface area contributed by atoms with Gasteiger partial charge in [0.2, 0.25) is 5.91 Å². The van der Waals surface area contributed by atoms with Gasteiger partial charge in [-0.2, -0.15) is 0 Å². The molecule has 1 aliphatic heterocycles. The highest BCUT2D eigenvalue weighted by molar-refractivity contribution is 6.06. The fourth-order valence-electron chi connectivity index (χ4n) is 1.67. The van der Waals surface area contributed by atoms with Crippen LogP contribution in [0.1, 0.15) is 27.2 Å². The van der Waals surface area contributed by atoms with Crippen molar-refractivity contribution >= 4 is 23.8 Å². The molecule has 4 N–H and O–H groups in total. The van der Waals surface area contributed by atoms with Crippen molar-refractivity contribution in [2.45, 2.75) is 38.3 Å². The second kappa shape index (κ2) is 5.68. The lowest BCUT2D eigenvalue weighted by atomic mass is 10.1. The number of aliphatic hydroxyl groups is 1. The van der Waals surface area contributed by atoms with Crippen molar-refractivity contribution in [2.75, 3.05) is 13.1 Å². The predicted octanol–water partition coefficient (Wildman–Crippen LogP) is -1.34. The highest BCUT2D eigenvalue weighted by Crippen LogP contribution is 2.16. The van der Waals surface area contributed by atoms with Gasteiger partial charge in [-0.05, 0) is 20.8 Å². The number of amides is 4. The average molecular weight is 301 g/mol. The molecule has 0 radical (unpaired) electrons. The molecule has 1 heterocycles. The monoisotopic (exact) mass is 301 g/mol. The van der Waals surface area contributed by atoms with Crippen molar-refractivity contribution in [2.24, 2.45) is 0 Å². The molecule has 4 amide bonds. The van der Waals surface area contributed by atoms with E-state index >= 15 is 0 Å². The molecule has 0 saturated carbocycles. The second-order valence-electron chi connectivity index (χ2n) is 5.62. The van der Waals surface area contributed by atoms with Crippen LogP contribution >= 0.6 is 0 Å². The SMILES string of the molecule is CC(O)(CNC(=O)CCN1C(=O)NC(C)(C)C1=O)C(=O)O. The molecule has 9 heteroatoms. The molecule has 118 valence electrons. The predicted molar refractivity (Wildman–Crippen MR) is 70.2 cm³/mol. The third kappa shape index (κ3) is 3.91. The van der Waals surface area contributed by atoms with Gasteiger partial charge in [-0.25, -0.2) is 9.59 Å². The molecule has 1 saturated heterocycles. The van der Waals surface area contributed by atoms with Crippen LogP contribution in [0.2, 0.25) is 0 Å². The van der Waals surface area contributed by atoms with Crippen LogP contribution in [0.15, 0.2) is 0 Å². The molecule has 1 unspecified atom stereocenters. The maximum atomic E-state index is 11.8. The molecule has 9 nitrogen and oxygen atoms in total. The first-order valence-electron chi connectivity index (χ1n) is 6.34. The molecule has 0 bridgehead atoms. The zero-order chi connectivity index (χ0) is 16.4. The standard InChI is InChI=1S/C12H19N3O6/c1-11(2)8(17)15(10(20)14-11)5-4-7(16)13-6-12(3,21)9(18)19/h21H,4-6H2,1-3H3,(H,13,16)(H,14,20)(H,18,19). The summed E-state index contributed by atoms with van der Waals surface area (Å²) >= 11 is 0. The summed E-state index contributed by atoms with van der Waals surface area (Å²) in [7, 11) is 0. The van der Waals surface area contributed by atoms with E-state index in [0.29, 0.717) is 0 Å². The molecule has 0 spiro atoms. The van der Waals surface area contributed by atoms with Gasteiger partial charge in [0.15, 0.2) is 5.60 Å². The number of carbonyl (C=O) groups is 4. The highest BCUT2D eigenvalue weighted by atomic mass is 16.4. The number of rotatable bonds is 6. The first-order valence-corrected chi connectivity index (χ1v) is 6.34. The smallest absolute Gasteiger partial charge is 0.337 e. The summed E-state index contributed by atoms with van der Waals surface area (Å²) in [6.45, 7) is 3.58. The quantitative estimate of drug-likeness (QED) is 0.448. The third-order valence-corrected chi connectivity index (χ3v) is 3.10. The minimum atomic E-state index is -2.07. The number of carboxylic acid groups (broad SMARTS) is 1. The molecule has 0 aromatic carbocycles. The van der Waals surface area contributed by atoms with E-state index in [2.05, 4.69) is 10.6 Å². The Hall–Kier alpha value is -2.16. The van der Waals surface area contributed by atoms with E-state index in [1.807, 2.05) is 0 Å². The van der Waals surface area contributed by atoms with Crippen molar-refractivity contribution < 1.29 is 29.4 Å². The van der Waals surface area contributed by atoms with E-state index in [-0.39, 0.29) is 13.0 Å². The lowest BCUT2D eigenvalue weighted by molar-refractivity contribution is -0.156. The third-order valence-electron chi connectivity index (χ3n) is 3.10. The highest BCUT2D eigenvalue weighted by Gasteiger charge is 2.44. The largest absolute Gasteiger partial charge is 0.479 e. The fraction of sp³-hybridized carbons (Fsp3) is 0.667. The van der Waals surface area contributed by atoms with Gasteiger partial charge >= 0.3 is 12.0 Å². The maximum Gasteiger partial charge on any atom is 0.337 e. The number of aliphatic carboxylic acids is 1. The normalized spacial score (nSPS) is 19.9. The number of urea groups is 1. The molecule has 1 fully saturated rings. The van der Waals surface area contributed by atoms with E-state index in [0.717, 1.165) is 11.8 Å². The minimum Gasteiger partial charge on any atom is -0.479 e. The molecule has 1 rings (SSSR count). The number of hydrogen-bond donors (Lipinski definition) is 4. The Bertz CT molecular complexity index is 485. The van der Waals surface area contributed by atoms with E-state index in [1.165, 1.54) is 0 Å². The summed E-state index contributed by atoms with van der Waals surface area (Å²) in [4.78, 5) is 46.5. The molecule has 21 heavy (non-hydrogen) atoms. The molecule has 0 aliphatic carbocycles. The van der Waals surface area contributed by atoms with Crippen LogP contribution < -0.4 is 10.6 Å². The molecular weight excluding hydrogens is 282 g/mol. The van der Waals surface area contributed by atoms with Crippen LogP contribution in [0.3, 0.4) is 0 Å². The number of carboxylic acids is 1. The van der Waals surface area contributed by atoms with Crippen molar-refractivity contribution in [3.63, 3.8) is 0 Å². The molecule has 1 atom stereocenters. The van der Waals surface area contributed by atoms with Crippen LogP contribution in [0.25, 0.3) is 0 Å². The fourth-order valence-corrected chi connectivity index (χ4v) is 1.67. The number of carbonyl (C=O) groups excluding carboxylic acids is 3. The lowest BCUT2D eigenvalue weighted by Gasteiger charge is -2.19. The van der Waals surface area contributed by atoms with Gasteiger partial charge in [0.05, 0.1) is 6.54 Å². The van der Waals surface area contributed by atoms with E-state index in [4.69, 9.17) is 5.11 Å². The summed E-state index contributed by atoms with van der Waals surface area (Å²) < 4.78 is 0. The van der Waals surface area contributed by atoms with Crippen molar-refractivity contribution in [1.82, 2.24) is 15.5 Å². The zero-order valence-electron chi connectivity index (χ0n) is 12.1. The number of nitrogens with one attached hydrogen (secondary N) is 2. The Balaban J connectivity index is 2.46. The average Bonchev–Trinajstić information content (AvgIpc) is 2.54. The van der Waals surface area contributed by atoms with Gasteiger partial charge in [-0.15, -0.1) is 0 Å². The Kier molecular flexibility index (Phi) is 4.57. The van der Waals surface area contributed by atoms with Crippen LogP contribution in [-0.2, 0) is 14.4 Å². The topological polar surface area (TPSA) is 136 Å². The van der Waals surface area contributed by atoms with E-state index < -0.39 is 41.5 Å². The number of hydrogen-bond acceptors (Lipinski definition) is 5. The van der Waals surface area contributed by atoms with Gasteiger partial charge in [-0.1, -0.05) is 0 Å². The summed E-state index contributed by atoms with van der Waals surface area (Å²) in [5.41, 5.74) is -3.07. The van der Waals surface area contributed by atoms with E-state index in [1.54, 1.807) is 13.8 Å². The Labute approximate surface area is 121 Å². The second-order valence-corrected chi connectivity index (χ2v) is 5.62. The van der Waals surface area contributed by atoms with Gasteiger partial charge in [0.25, 0.3) is 5.91 Å². The van der Waals surface area contributed by atoms with Gasteiger partial charge < -0.3 is 20.8 Å². The summed E-state index contributed by atoms with van der Waals surface area (Å²) in [6.07, 6.45) is -0.176. The van der Waals surface area contributed by atoms with Crippen LogP contribution in [0, 0.1) is 0 Å². The first kappa shape index (κ1) is 16.9. The van der Waals surface area contributed by atoms with Crippen LogP contribution in [0.4, 0.5) is 4.79 Å². The van der Waals surface area contributed by atoms with Crippen molar-refractivity contribution in [3.8, 4) is 0 Å². The summed E-state index contributed by atoms with van der Waals surface area (Å²) in [5, 5.41) is 22.8. The maximum absolute atomic E-state index is 11.8. The van der Waals surface area contributed by atoms with Crippen molar-refractivity contribution in [1.29, 1.82) is 0 Å². The number of imide groups is 1. The van der Waals surface area contributed by atoms with Gasteiger partial charge in [0, 0.05) is 13.0 Å².